The minimum Gasteiger partial charge on any atom is -0.502 e. The van der Waals surface area contributed by atoms with Gasteiger partial charge in [0.05, 0.1) is 54.7 Å². The lowest BCUT2D eigenvalue weighted by atomic mass is 9.82. The molecule has 1 N–H and O–H groups in total. The molecule has 1 aromatic carbocycles. The first kappa shape index (κ1) is 28.2. The molecule has 0 radical (unpaired) electrons. The van der Waals surface area contributed by atoms with E-state index in [2.05, 4.69) is 0 Å². The molecular weight excluding hydrogens is 476 g/mol. The van der Waals surface area contributed by atoms with E-state index >= 15 is 0 Å². The van der Waals surface area contributed by atoms with Crippen LogP contribution in [-0.4, -0.2) is 72.6 Å². The molecule has 1 aliphatic rings. The van der Waals surface area contributed by atoms with Crippen molar-refractivity contribution >= 4 is 17.7 Å². The van der Waals surface area contributed by atoms with Crippen molar-refractivity contribution in [3.63, 3.8) is 0 Å². The summed E-state index contributed by atoms with van der Waals surface area (Å²) in [5, 5.41) is 10.3. The summed E-state index contributed by atoms with van der Waals surface area (Å²) in [7, 11) is 9.04. The van der Waals surface area contributed by atoms with Gasteiger partial charge in [-0.3, -0.25) is 14.4 Å². The smallest absolute Gasteiger partial charge is 0.313 e. The van der Waals surface area contributed by atoms with Gasteiger partial charge < -0.3 is 38.3 Å². The fraction of sp³-hybridized carbons (Fsp3) is 0.400. The number of phenolic OH excluding ortho intramolecular Hbond substituents is 1. The molecule has 0 spiro atoms. The number of methoxy groups -OCH3 is 7. The van der Waals surface area contributed by atoms with Gasteiger partial charge in [0, 0.05) is 7.11 Å². The predicted molar refractivity (Wildman–Crippen MR) is 125 cm³/mol. The zero-order valence-corrected chi connectivity index (χ0v) is 21.1. The molecule has 0 saturated carbocycles. The van der Waals surface area contributed by atoms with E-state index < -0.39 is 35.7 Å². The van der Waals surface area contributed by atoms with Gasteiger partial charge in [-0.05, 0) is 35.4 Å². The lowest BCUT2D eigenvalue weighted by Crippen LogP contribution is -2.36. The van der Waals surface area contributed by atoms with Crippen molar-refractivity contribution in [1.29, 1.82) is 0 Å². The number of ketones is 1. The molecule has 0 amide bonds. The second-order valence-electron chi connectivity index (χ2n) is 7.45. The van der Waals surface area contributed by atoms with Gasteiger partial charge in [0.25, 0.3) is 5.78 Å². The third-order valence-corrected chi connectivity index (χ3v) is 5.60. The van der Waals surface area contributed by atoms with Crippen molar-refractivity contribution in [3.8, 4) is 17.2 Å². The average Bonchev–Trinajstić information content (AvgIpc) is 2.90. The van der Waals surface area contributed by atoms with Crippen LogP contribution in [0, 0.1) is 11.8 Å². The first-order valence-electron chi connectivity index (χ1n) is 10.6. The molecule has 196 valence electrons. The molecular formula is C25H30O11. The molecule has 1 aromatic rings. The summed E-state index contributed by atoms with van der Waals surface area (Å²) in [6, 6.07) is 2.91. The monoisotopic (exact) mass is 506 g/mol. The van der Waals surface area contributed by atoms with Gasteiger partial charge in [0.1, 0.15) is 5.92 Å². The standard InChI is InChI=1S/C25H30O11/c1-30-16-9-13(10-17(31-2)21(16)26)8-15(24(28)35-6)20(25(29)36-7)23(34-5)14-11-18(32-3)22(27)19(12-14)33-4/h8-12,15,20,23,27H,1-7H3/t15-,20+,23+/m0/s1. The van der Waals surface area contributed by atoms with Crippen LogP contribution < -0.4 is 9.47 Å². The van der Waals surface area contributed by atoms with Crippen LogP contribution in [0.1, 0.15) is 11.7 Å². The molecule has 0 aliphatic heterocycles. The Hall–Kier alpha value is -3.99. The van der Waals surface area contributed by atoms with Crippen LogP contribution in [0.3, 0.4) is 0 Å². The zero-order chi connectivity index (χ0) is 27.0. The molecule has 0 heterocycles. The van der Waals surface area contributed by atoms with Crippen molar-refractivity contribution in [2.45, 2.75) is 6.10 Å². The number of hydrogen-bond acceptors (Lipinski definition) is 11. The number of rotatable bonds is 11. The molecule has 36 heavy (non-hydrogen) atoms. The summed E-state index contributed by atoms with van der Waals surface area (Å²) < 4.78 is 36.4. The van der Waals surface area contributed by atoms with Gasteiger partial charge in [-0.1, -0.05) is 6.08 Å². The van der Waals surface area contributed by atoms with E-state index in [0.717, 1.165) is 0 Å². The zero-order valence-electron chi connectivity index (χ0n) is 21.1. The molecule has 0 saturated heterocycles. The lowest BCUT2D eigenvalue weighted by Gasteiger charge is -2.29. The predicted octanol–water partition coefficient (Wildman–Crippen LogP) is 2.24. The van der Waals surface area contributed by atoms with Crippen LogP contribution in [0.2, 0.25) is 0 Å². The van der Waals surface area contributed by atoms with Crippen molar-refractivity contribution in [3.05, 3.63) is 53.0 Å². The van der Waals surface area contributed by atoms with Crippen LogP contribution in [0.4, 0.5) is 0 Å². The molecule has 11 heteroatoms. The molecule has 0 aromatic heterocycles. The molecule has 0 fully saturated rings. The van der Waals surface area contributed by atoms with Crippen LogP contribution in [-0.2, 0) is 38.1 Å². The summed E-state index contributed by atoms with van der Waals surface area (Å²) in [5.41, 5.74) is 0.704. The highest BCUT2D eigenvalue weighted by Gasteiger charge is 2.42. The van der Waals surface area contributed by atoms with E-state index in [1.165, 1.54) is 80.1 Å². The molecule has 11 nitrogen and oxygen atoms in total. The van der Waals surface area contributed by atoms with Crippen LogP contribution >= 0.6 is 0 Å². The summed E-state index contributed by atoms with van der Waals surface area (Å²) in [6.07, 6.45) is 3.16. The fourth-order valence-electron chi connectivity index (χ4n) is 3.82. The van der Waals surface area contributed by atoms with Gasteiger partial charge in [0.2, 0.25) is 5.75 Å². The number of benzene rings is 1. The highest BCUT2D eigenvalue weighted by molar-refractivity contribution is 6.07. The normalized spacial score (nSPS) is 15.5. The van der Waals surface area contributed by atoms with Crippen LogP contribution in [0.5, 0.6) is 17.2 Å². The Kier molecular flexibility index (Phi) is 9.92. The highest BCUT2D eigenvalue weighted by atomic mass is 16.5. The van der Waals surface area contributed by atoms with E-state index in [0.29, 0.717) is 11.1 Å². The molecule has 3 atom stereocenters. The Balaban J connectivity index is 2.74. The number of carbonyl (C=O) groups excluding carboxylic acids is 3. The number of esters is 2. The van der Waals surface area contributed by atoms with Gasteiger partial charge in [0.15, 0.2) is 23.0 Å². The molecule has 1 aliphatic carbocycles. The largest absolute Gasteiger partial charge is 0.502 e. The average molecular weight is 507 g/mol. The highest BCUT2D eigenvalue weighted by Crippen LogP contribution is 2.43. The van der Waals surface area contributed by atoms with Crippen molar-refractivity contribution in [2.75, 3.05) is 49.8 Å². The first-order valence-corrected chi connectivity index (χ1v) is 10.6. The SMILES string of the molecule is COC(=O)[C@H]([C@H](C=C1C=C(OC)C(=O)C(OC)=C1)C(=O)OC)[C@H](OC)c1cc(OC)c(O)c(OC)c1. The Morgan fingerprint density at radius 2 is 1.31 bits per heavy atom. The van der Waals surface area contributed by atoms with Gasteiger partial charge in [-0.25, -0.2) is 0 Å². The maximum Gasteiger partial charge on any atom is 0.313 e. The van der Waals surface area contributed by atoms with Gasteiger partial charge >= 0.3 is 11.9 Å². The lowest BCUT2D eigenvalue weighted by molar-refractivity contribution is -0.161. The van der Waals surface area contributed by atoms with E-state index in [-0.39, 0.29) is 28.8 Å². The number of allylic oxidation sites excluding steroid dienone is 3. The maximum atomic E-state index is 13.1. The van der Waals surface area contributed by atoms with Gasteiger partial charge in [-0.15, -0.1) is 0 Å². The number of hydrogen-bond donors (Lipinski definition) is 1. The van der Waals surface area contributed by atoms with Crippen molar-refractivity contribution in [1.82, 2.24) is 0 Å². The fourth-order valence-corrected chi connectivity index (χ4v) is 3.82. The number of Topliss-reactive ketones (excluding diaryl/α,β-unsaturated/α-hetero) is 1. The Labute approximate surface area is 208 Å². The summed E-state index contributed by atoms with van der Waals surface area (Å²) in [6.45, 7) is 0. The summed E-state index contributed by atoms with van der Waals surface area (Å²) >= 11 is 0. The van der Waals surface area contributed by atoms with Crippen molar-refractivity contribution < 1.29 is 52.6 Å². The van der Waals surface area contributed by atoms with E-state index in [1.807, 2.05) is 0 Å². The molecule has 0 bridgehead atoms. The minimum absolute atomic E-state index is 0.0184. The Morgan fingerprint density at radius 1 is 0.806 bits per heavy atom. The van der Waals surface area contributed by atoms with Crippen LogP contribution in [0.15, 0.2) is 47.5 Å². The quantitative estimate of drug-likeness (QED) is 0.443. The van der Waals surface area contributed by atoms with Gasteiger partial charge in [-0.2, -0.15) is 0 Å². The Bertz CT molecular complexity index is 1030. The minimum atomic E-state index is -1.27. The van der Waals surface area contributed by atoms with E-state index in [4.69, 9.17) is 33.2 Å². The molecule has 2 rings (SSSR count). The van der Waals surface area contributed by atoms with Crippen molar-refractivity contribution in [2.24, 2.45) is 11.8 Å². The number of aromatic hydroxyl groups is 1. The maximum absolute atomic E-state index is 13.1. The summed E-state index contributed by atoms with van der Waals surface area (Å²) in [5.74, 6) is -4.70. The topological polar surface area (TPSA) is 136 Å². The first-order chi connectivity index (χ1) is 17.2. The molecule has 0 unspecified atom stereocenters. The second kappa shape index (κ2) is 12.6. The third kappa shape index (κ3) is 5.80. The van der Waals surface area contributed by atoms with Crippen LogP contribution in [0.25, 0.3) is 0 Å². The van der Waals surface area contributed by atoms with E-state index in [9.17, 15) is 19.5 Å². The summed E-state index contributed by atoms with van der Waals surface area (Å²) in [4.78, 5) is 38.4. The third-order valence-electron chi connectivity index (χ3n) is 5.60. The second-order valence-corrected chi connectivity index (χ2v) is 7.45. The Morgan fingerprint density at radius 3 is 1.69 bits per heavy atom. The number of ether oxygens (including phenoxy) is 7. The van der Waals surface area contributed by atoms with E-state index in [1.54, 1.807) is 0 Å². The number of phenols is 1. The number of carbonyl (C=O) groups is 3.